The van der Waals surface area contributed by atoms with Crippen LogP contribution in [-0.2, 0) is 14.3 Å². The molecule has 5 nitrogen and oxygen atoms in total. The Morgan fingerprint density at radius 2 is 1.69 bits per heavy atom. The normalized spacial score (nSPS) is 11.5. The van der Waals surface area contributed by atoms with Crippen LogP contribution in [0.3, 0.4) is 0 Å². The van der Waals surface area contributed by atoms with Gasteiger partial charge < -0.3 is 14.2 Å². The number of ether oxygens (including phenoxy) is 3. The highest BCUT2D eigenvalue weighted by atomic mass is 32.1. The number of rotatable bonds is 5. The van der Waals surface area contributed by atoms with Crippen molar-refractivity contribution in [2.75, 3.05) is 13.7 Å². The molecule has 3 aromatic carbocycles. The fourth-order valence-corrected chi connectivity index (χ4v) is 4.69. The first kappa shape index (κ1) is 21.8. The standard InChI is InChI=1S/C26H24O5S/c1-26(2,3)31-22(27)15-30-23-20-13-12-17(14-21(20)32-24(23)25(28)29-4)19-11-7-9-16-8-5-6-10-18(16)19/h5-14H,15H2,1-4H3. The van der Waals surface area contributed by atoms with Crippen LogP contribution in [0.25, 0.3) is 32.0 Å². The number of carbonyl (C=O) groups excluding carboxylic acids is 2. The van der Waals surface area contributed by atoms with Crippen molar-refractivity contribution in [3.8, 4) is 16.9 Å². The van der Waals surface area contributed by atoms with E-state index < -0.39 is 17.5 Å². The summed E-state index contributed by atoms with van der Waals surface area (Å²) in [6, 6.07) is 20.4. The van der Waals surface area contributed by atoms with Gasteiger partial charge >= 0.3 is 11.9 Å². The molecule has 0 atom stereocenters. The van der Waals surface area contributed by atoms with Gasteiger partial charge in [0.2, 0.25) is 0 Å². The minimum atomic E-state index is -0.615. The third-order valence-corrected chi connectivity index (χ3v) is 5.98. The van der Waals surface area contributed by atoms with Gasteiger partial charge in [-0.3, -0.25) is 0 Å². The predicted octanol–water partition coefficient (Wildman–Crippen LogP) is 6.23. The summed E-state index contributed by atoms with van der Waals surface area (Å²) in [5.74, 6) is -0.663. The second-order valence-electron chi connectivity index (χ2n) is 8.36. The van der Waals surface area contributed by atoms with Crippen molar-refractivity contribution < 1.29 is 23.8 Å². The summed E-state index contributed by atoms with van der Waals surface area (Å²) in [4.78, 5) is 24.9. The van der Waals surface area contributed by atoms with Gasteiger partial charge in [0, 0.05) is 10.1 Å². The molecule has 0 N–H and O–H groups in total. The molecule has 0 aliphatic carbocycles. The van der Waals surface area contributed by atoms with Crippen LogP contribution >= 0.6 is 11.3 Å². The molecule has 1 aromatic heterocycles. The summed E-state index contributed by atoms with van der Waals surface area (Å²) in [6.45, 7) is 5.08. The monoisotopic (exact) mass is 448 g/mol. The highest BCUT2D eigenvalue weighted by molar-refractivity contribution is 7.21. The Morgan fingerprint density at radius 3 is 2.44 bits per heavy atom. The van der Waals surface area contributed by atoms with Crippen molar-refractivity contribution in [2.45, 2.75) is 26.4 Å². The van der Waals surface area contributed by atoms with Crippen LogP contribution in [-0.4, -0.2) is 31.3 Å². The number of esters is 2. The number of fused-ring (bicyclic) bond motifs is 2. The topological polar surface area (TPSA) is 61.8 Å². The lowest BCUT2D eigenvalue weighted by atomic mass is 9.98. The number of methoxy groups -OCH3 is 1. The van der Waals surface area contributed by atoms with Crippen LogP contribution in [0.5, 0.6) is 5.75 Å². The van der Waals surface area contributed by atoms with Gasteiger partial charge in [-0.2, -0.15) is 0 Å². The number of hydrogen-bond acceptors (Lipinski definition) is 6. The van der Waals surface area contributed by atoms with E-state index in [-0.39, 0.29) is 6.61 Å². The van der Waals surface area contributed by atoms with Gasteiger partial charge in [-0.05, 0) is 54.8 Å². The first-order valence-corrected chi connectivity index (χ1v) is 11.1. The fraction of sp³-hybridized carbons (Fsp3) is 0.231. The van der Waals surface area contributed by atoms with E-state index in [1.807, 2.05) is 36.4 Å². The minimum Gasteiger partial charge on any atom is -0.479 e. The Balaban J connectivity index is 1.74. The Kier molecular flexibility index (Phi) is 5.89. The molecule has 1 heterocycles. The molecule has 164 valence electrons. The highest BCUT2D eigenvalue weighted by Gasteiger charge is 2.23. The van der Waals surface area contributed by atoms with Crippen LogP contribution in [0.15, 0.2) is 60.7 Å². The predicted molar refractivity (Wildman–Crippen MR) is 127 cm³/mol. The lowest BCUT2D eigenvalue weighted by molar-refractivity contribution is -0.157. The molecule has 0 aliphatic rings. The maximum absolute atomic E-state index is 12.4. The van der Waals surface area contributed by atoms with Crippen molar-refractivity contribution in [3.63, 3.8) is 0 Å². The van der Waals surface area contributed by atoms with Crippen molar-refractivity contribution in [1.29, 1.82) is 0 Å². The molecule has 0 saturated carbocycles. The van der Waals surface area contributed by atoms with Crippen molar-refractivity contribution in [1.82, 2.24) is 0 Å². The Hall–Kier alpha value is -3.38. The highest BCUT2D eigenvalue weighted by Crippen LogP contribution is 2.41. The molecule has 0 fully saturated rings. The van der Waals surface area contributed by atoms with Crippen LogP contribution < -0.4 is 4.74 Å². The van der Waals surface area contributed by atoms with Gasteiger partial charge in [-0.15, -0.1) is 11.3 Å². The summed E-state index contributed by atoms with van der Waals surface area (Å²) < 4.78 is 16.9. The molecule has 0 spiro atoms. The average Bonchev–Trinajstić information content (AvgIpc) is 3.13. The zero-order chi connectivity index (χ0) is 22.9. The van der Waals surface area contributed by atoms with Crippen LogP contribution in [0.2, 0.25) is 0 Å². The fourth-order valence-electron chi connectivity index (χ4n) is 3.59. The SMILES string of the molecule is COC(=O)c1sc2cc(-c3cccc4ccccc34)ccc2c1OCC(=O)OC(C)(C)C. The summed E-state index contributed by atoms with van der Waals surface area (Å²) in [6.07, 6.45) is 0. The number of carbonyl (C=O) groups is 2. The minimum absolute atomic E-state index is 0.293. The quantitative estimate of drug-likeness (QED) is 0.339. The molecule has 0 radical (unpaired) electrons. The first-order valence-electron chi connectivity index (χ1n) is 10.2. The van der Waals surface area contributed by atoms with Gasteiger partial charge in [0.25, 0.3) is 0 Å². The molecule has 0 saturated heterocycles. The molecule has 0 bridgehead atoms. The van der Waals surface area contributed by atoms with E-state index in [0.29, 0.717) is 10.6 Å². The van der Waals surface area contributed by atoms with Crippen LogP contribution in [0.4, 0.5) is 0 Å². The third kappa shape index (κ3) is 4.46. The maximum atomic E-state index is 12.4. The average molecular weight is 449 g/mol. The summed E-state index contributed by atoms with van der Waals surface area (Å²) >= 11 is 1.28. The zero-order valence-corrected chi connectivity index (χ0v) is 19.2. The van der Waals surface area contributed by atoms with E-state index in [9.17, 15) is 9.59 Å². The second kappa shape index (κ2) is 8.63. The Morgan fingerprint density at radius 1 is 0.938 bits per heavy atom. The van der Waals surface area contributed by atoms with E-state index in [2.05, 4.69) is 24.3 Å². The van der Waals surface area contributed by atoms with Gasteiger partial charge in [0.05, 0.1) is 7.11 Å². The van der Waals surface area contributed by atoms with Gasteiger partial charge in [0.15, 0.2) is 17.2 Å². The largest absolute Gasteiger partial charge is 0.479 e. The molecule has 4 aromatic rings. The van der Waals surface area contributed by atoms with Crippen molar-refractivity contribution >= 4 is 44.1 Å². The third-order valence-electron chi connectivity index (χ3n) is 4.87. The number of thiophene rings is 1. The number of hydrogen-bond donors (Lipinski definition) is 0. The van der Waals surface area contributed by atoms with Crippen molar-refractivity contribution in [3.05, 3.63) is 65.5 Å². The number of benzene rings is 3. The van der Waals surface area contributed by atoms with Crippen LogP contribution in [0.1, 0.15) is 30.4 Å². The first-order chi connectivity index (χ1) is 15.3. The van der Waals surface area contributed by atoms with E-state index in [1.165, 1.54) is 18.4 Å². The molecule has 0 unspecified atom stereocenters. The lowest BCUT2D eigenvalue weighted by Gasteiger charge is -2.19. The maximum Gasteiger partial charge on any atom is 0.351 e. The molecule has 32 heavy (non-hydrogen) atoms. The summed E-state index contributed by atoms with van der Waals surface area (Å²) in [5, 5.41) is 3.07. The van der Waals surface area contributed by atoms with Gasteiger partial charge in [0.1, 0.15) is 5.60 Å². The molecule has 0 aliphatic heterocycles. The second-order valence-corrected chi connectivity index (χ2v) is 9.42. The molecule has 0 amide bonds. The van der Waals surface area contributed by atoms with Gasteiger partial charge in [-0.1, -0.05) is 48.5 Å². The van der Waals surface area contributed by atoms with Crippen LogP contribution in [0, 0.1) is 0 Å². The molecule has 6 heteroatoms. The zero-order valence-electron chi connectivity index (χ0n) is 18.4. The van der Waals surface area contributed by atoms with E-state index in [1.54, 1.807) is 20.8 Å². The smallest absolute Gasteiger partial charge is 0.351 e. The molecule has 4 rings (SSSR count). The van der Waals surface area contributed by atoms with Crippen molar-refractivity contribution in [2.24, 2.45) is 0 Å². The van der Waals surface area contributed by atoms with E-state index >= 15 is 0 Å². The Labute approximate surface area is 190 Å². The molecular weight excluding hydrogens is 424 g/mol. The lowest BCUT2D eigenvalue weighted by Crippen LogP contribution is -2.27. The Bertz CT molecular complexity index is 1310. The summed E-state index contributed by atoms with van der Waals surface area (Å²) in [7, 11) is 1.33. The molecular formula is C26H24O5S. The van der Waals surface area contributed by atoms with Gasteiger partial charge in [-0.25, -0.2) is 9.59 Å². The van der Waals surface area contributed by atoms with E-state index in [0.717, 1.165) is 32.0 Å². The summed E-state index contributed by atoms with van der Waals surface area (Å²) in [5.41, 5.74) is 1.52. The van der Waals surface area contributed by atoms with E-state index in [4.69, 9.17) is 14.2 Å².